The molecule has 2 heterocycles. The number of benzene rings is 1. The van der Waals surface area contributed by atoms with Crippen LogP contribution in [0.1, 0.15) is 0 Å². The number of nitrogens with zero attached hydrogens (tertiary/aromatic N) is 3. The minimum atomic E-state index is -0.762. The van der Waals surface area contributed by atoms with Gasteiger partial charge in [-0.15, -0.1) is 8.58 Å². The number of hydrogen-bond acceptors (Lipinski definition) is 5. The molecule has 1 fully saturated rings. The third kappa shape index (κ3) is 3.22. The topological polar surface area (TPSA) is 54.4 Å². The Morgan fingerprint density at radius 1 is 1.39 bits per heavy atom. The van der Waals surface area contributed by atoms with Crippen molar-refractivity contribution in [3.05, 3.63) is 23.8 Å². The number of ether oxygens (including phenoxy) is 1. The second-order valence-electron chi connectivity index (χ2n) is 5.18. The summed E-state index contributed by atoms with van der Waals surface area (Å²) in [5, 5.41) is 3.54. The molecule has 1 unspecified atom stereocenters. The van der Waals surface area contributed by atoms with Crippen LogP contribution in [0.2, 0.25) is 0 Å². The van der Waals surface area contributed by atoms with E-state index in [9.17, 15) is 13.6 Å². The first-order valence-corrected chi connectivity index (χ1v) is 8.84. The lowest BCUT2D eigenvalue weighted by atomic mass is 10.2. The summed E-state index contributed by atoms with van der Waals surface area (Å²) in [6.07, 6.45) is 1.17. The van der Waals surface area contributed by atoms with Crippen molar-refractivity contribution in [1.29, 1.82) is 0 Å². The highest BCUT2D eigenvalue weighted by molar-refractivity contribution is 7.37. The SMILES string of the molecule is CPC[C@H]1CN(c2cc(F)c(N3C=NOCC3)c(F)c2)C(=O)O1. The maximum atomic E-state index is 14.4. The molecule has 2 aliphatic rings. The summed E-state index contributed by atoms with van der Waals surface area (Å²) in [5.74, 6) is -1.52. The Morgan fingerprint density at radius 2 is 2.13 bits per heavy atom. The van der Waals surface area contributed by atoms with Gasteiger partial charge >= 0.3 is 6.09 Å². The van der Waals surface area contributed by atoms with Gasteiger partial charge in [-0.1, -0.05) is 5.16 Å². The molecule has 0 radical (unpaired) electrons. The highest BCUT2D eigenvalue weighted by Gasteiger charge is 2.33. The van der Waals surface area contributed by atoms with E-state index >= 15 is 0 Å². The quantitative estimate of drug-likeness (QED) is 0.788. The average molecular weight is 343 g/mol. The highest BCUT2D eigenvalue weighted by atomic mass is 31.1. The number of halogens is 2. The summed E-state index contributed by atoms with van der Waals surface area (Å²) in [7, 11) is 0.640. The van der Waals surface area contributed by atoms with E-state index in [1.165, 1.54) is 16.1 Å². The van der Waals surface area contributed by atoms with Crippen molar-refractivity contribution >= 4 is 32.4 Å². The van der Waals surface area contributed by atoms with Gasteiger partial charge in [-0.25, -0.2) is 13.6 Å². The maximum Gasteiger partial charge on any atom is 0.414 e. The summed E-state index contributed by atoms with van der Waals surface area (Å²) in [4.78, 5) is 19.2. The van der Waals surface area contributed by atoms with Gasteiger partial charge in [0.05, 0.1) is 18.8 Å². The van der Waals surface area contributed by atoms with Crippen molar-refractivity contribution in [2.75, 3.05) is 42.3 Å². The normalized spacial score (nSPS) is 21.2. The first-order chi connectivity index (χ1) is 11.1. The summed E-state index contributed by atoms with van der Waals surface area (Å²) in [5.41, 5.74) is -0.0548. The van der Waals surface area contributed by atoms with Crippen molar-refractivity contribution < 1.29 is 23.1 Å². The van der Waals surface area contributed by atoms with E-state index in [2.05, 4.69) is 5.16 Å². The van der Waals surface area contributed by atoms with Gasteiger partial charge in [0.25, 0.3) is 0 Å². The fourth-order valence-electron chi connectivity index (χ4n) is 2.56. The van der Waals surface area contributed by atoms with Crippen LogP contribution in [0.4, 0.5) is 25.0 Å². The molecule has 124 valence electrons. The molecule has 9 heteroatoms. The zero-order chi connectivity index (χ0) is 16.4. The second kappa shape index (κ2) is 6.66. The van der Waals surface area contributed by atoms with Gasteiger partial charge in [-0.3, -0.25) is 4.90 Å². The van der Waals surface area contributed by atoms with Crippen LogP contribution in [0, 0.1) is 11.6 Å². The molecule has 6 nitrogen and oxygen atoms in total. The van der Waals surface area contributed by atoms with E-state index < -0.39 is 17.7 Å². The molecule has 2 aliphatic heterocycles. The van der Waals surface area contributed by atoms with Crippen LogP contribution in [0.15, 0.2) is 17.3 Å². The van der Waals surface area contributed by atoms with Crippen molar-refractivity contribution in [2.24, 2.45) is 5.16 Å². The molecule has 1 amide bonds. The van der Waals surface area contributed by atoms with Crippen LogP contribution in [0.5, 0.6) is 0 Å². The van der Waals surface area contributed by atoms with E-state index in [0.717, 1.165) is 18.3 Å². The number of carbonyl (C=O) groups excluding carboxylic acids is 1. The minimum absolute atomic E-state index is 0.154. The molecule has 0 N–H and O–H groups in total. The van der Waals surface area contributed by atoms with Crippen LogP contribution >= 0.6 is 8.58 Å². The van der Waals surface area contributed by atoms with Crippen LogP contribution in [-0.2, 0) is 9.57 Å². The number of cyclic esters (lactones) is 1. The Bertz CT molecular complexity index is 621. The van der Waals surface area contributed by atoms with E-state index in [1.807, 2.05) is 6.66 Å². The monoisotopic (exact) mass is 343 g/mol. The van der Waals surface area contributed by atoms with Gasteiger partial charge < -0.3 is 14.5 Å². The summed E-state index contributed by atoms with van der Waals surface area (Å²) in [6.45, 7) is 2.85. The number of carbonyl (C=O) groups is 1. The van der Waals surface area contributed by atoms with Crippen molar-refractivity contribution in [3.63, 3.8) is 0 Å². The van der Waals surface area contributed by atoms with Crippen LogP contribution < -0.4 is 9.80 Å². The number of anilines is 2. The summed E-state index contributed by atoms with van der Waals surface area (Å²) < 4.78 is 33.9. The van der Waals surface area contributed by atoms with E-state index in [0.29, 0.717) is 21.7 Å². The van der Waals surface area contributed by atoms with Crippen molar-refractivity contribution in [3.8, 4) is 0 Å². The Balaban J connectivity index is 1.86. The lowest BCUT2D eigenvalue weighted by Gasteiger charge is -2.24. The predicted octanol–water partition coefficient (Wildman–Crippen LogP) is 2.38. The summed E-state index contributed by atoms with van der Waals surface area (Å²) >= 11 is 0. The Morgan fingerprint density at radius 3 is 2.74 bits per heavy atom. The molecule has 0 saturated carbocycles. The molecule has 1 aromatic rings. The lowest BCUT2D eigenvalue weighted by molar-refractivity contribution is 0.144. The van der Waals surface area contributed by atoms with E-state index in [1.54, 1.807) is 0 Å². The van der Waals surface area contributed by atoms with Crippen LogP contribution in [0.25, 0.3) is 0 Å². The zero-order valence-corrected chi connectivity index (χ0v) is 13.5. The largest absolute Gasteiger partial charge is 0.444 e. The number of rotatable bonds is 4. The molecule has 1 saturated heterocycles. The molecule has 2 atom stereocenters. The minimum Gasteiger partial charge on any atom is -0.444 e. The van der Waals surface area contributed by atoms with Crippen LogP contribution in [0.3, 0.4) is 0 Å². The standard InChI is InChI=1S/C14H16F2N3O3P/c1-23-7-10-6-19(14(20)22-10)9-4-11(15)13(12(16)5-9)18-2-3-21-17-8-18/h4-5,8,10,23H,2-3,6-7H2,1H3/t10-/m1/s1. The molecule has 0 spiro atoms. The van der Waals surface area contributed by atoms with Gasteiger partial charge in [0.2, 0.25) is 0 Å². The third-order valence-corrected chi connectivity index (χ3v) is 4.45. The van der Waals surface area contributed by atoms with Gasteiger partial charge in [-0.2, -0.15) is 0 Å². The average Bonchev–Trinajstić information content (AvgIpc) is 2.89. The predicted molar refractivity (Wildman–Crippen MR) is 84.9 cm³/mol. The Labute approximate surface area is 133 Å². The van der Waals surface area contributed by atoms with E-state index in [4.69, 9.17) is 9.57 Å². The van der Waals surface area contributed by atoms with Crippen molar-refractivity contribution in [1.82, 2.24) is 0 Å². The fraction of sp³-hybridized carbons (Fsp3) is 0.429. The Kier molecular flexibility index (Phi) is 4.61. The van der Waals surface area contributed by atoms with Crippen LogP contribution in [-0.4, -0.2) is 51.1 Å². The number of oxime groups is 1. The zero-order valence-electron chi connectivity index (χ0n) is 12.5. The number of hydrogen-bond donors (Lipinski definition) is 0. The maximum absolute atomic E-state index is 14.4. The molecular weight excluding hydrogens is 327 g/mol. The number of amides is 1. The second-order valence-corrected chi connectivity index (χ2v) is 6.29. The summed E-state index contributed by atoms with van der Waals surface area (Å²) in [6, 6.07) is 2.28. The molecule has 0 bridgehead atoms. The van der Waals surface area contributed by atoms with E-state index in [-0.39, 0.29) is 24.1 Å². The molecule has 3 rings (SSSR count). The molecule has 1 aromatic carbocycles. The molecule has 23 heavy (non-hydrogen) atoms. The third-order valence-electron chi connectivity index (χ3n) is 3.59. The smallest absolute Gasteiger partial charge is 0.414 e. The first-order valence-electron chi connectivity index (χ1n) is 7.14. The van der Waals surface area contributed by atoms with Gasteiger partial charge in [0, 0.05) is 18.3 Å². The van der Waals surface area contributed by atoms with Gasteiger partial charge in [0.1, 0.15) is 24.7 Å². The first kappa shape index (κ1) is 15.9. The van der Waals surface area contributed by atoms with Gasteiger partial charge in [0.15, 0.2) is 11.6 Å². The Hall–Kier alpha value is -1.95. The van der Waals surface area contributed by atoms with Crippen molar-refractivity contribution in [2.45, 2.75) is 6.10 Å². The lowest BCUT2D eigenvalue weighted by Crippen LogP contribution is -2.31. The molecule has 0 aromatic heterocycles. The molecular formula is C14H16F2N3O3P. The van der Waals surface area contributed by atoms with Gasteiger partial charge in [-0.05, 0) is 6.66 Å². The fourth-order valence-corrected chi connectivity index (χ4v) is 3.23. The highest BCUT2D eigenvalue weighted by Crippen LogP contribution is 2.31. The molecule has 0 aliphatic carbocycles.